The maximum atomic E-state index is 12.1. The average molecular weight is 310 g/mol. The van der Waals surface area contributed by atoms with Crippen LogP contribution in [0.1, 0.15) is 24.7 Å². The third kappa shape index (κ3) is 4.38. The van der Waals surface area contributed by atoms with Crippen LogP contribution in [0, 0.1) is 0 Å². The van der Waals surface area contributed by atoms with Gasteiger partial charge in [-0.05, 0) is 37.1 Å². The van der Waals surface area contributed by atoms with E-state index in [1.54, 1.807) is 19.3 Å². The van der Waals surface area contributed by atoms with E-state index in [4.69, 9.17) is 9.52 Å². The van der Waals surface area contributed by atoms with Crippen molar-refractivity contribution >= 4 is 10.0 Å². The van der Waals surface area contributed by atoms with Crippen LogP contribution in [0.25, 0.3) is 0 Å². The lowest BCUT2D eigenvalue weighted by molar-refractivity contribution is 0.281. The molecule has 6 nitrogen and oxygen atoms in total. The predicted molar refractivity (Wildman–Crippen MR) is 77.0 cm³/mol. The molecule has 7 heteroatoms. The molecule has 21 heavy (non-hydrogen) atoms. The van der Waals surface area contributed by atoms with E-state index in [1.807, 2.05) is 6.07 Å². The minimum atomic E-state index is -3.65. The molecule has 0 aliphatic rings. The van der Waals surface area contributed by atoms with Gasteiger partial charge in [0, 0.05) is 18.7 Å². The zero-order valence-electron chi connectivity index (χ0n) is 11.7. The van der Waals surface area contributed by atoms with E-state index >= 15 is 0 Å². The summed E-state index contributed by atoms with van der Waals surface area (Å²) in [5, 5.41) is 8.87. The molecule has 0 fully saturated rings. The van der Waals surface area contributed by atoms with Gasteiger partial charge in [-0.1, -0.05) is 6.07 Å². The standard InChI is InChI=1S/C14H18N2O4S/c1-11(4-6-13-3-2-8-20-13)16-21(18,19)14-7-5-12(10-17)9-15-14/h2-3,5,7-9,11,16-17H,4,6,10H2,1H3. The number of pyridine rings is 1. The van der Waals surface area contributed by atoms with E-state index in [0.29, 0.717) is 18.4 Å². The molecule has 2 aromatic rings. The largest absolute Gasteiger partial charge is 0.469 e. The van der Waals surface area contributed by atoms with Crippen LogP contribution < -0.4 is 4.72 Å². The molecule has 0 bridgehead atoms. The van der Waals surface area contributed by atoms with Crippen molar-refractivity contribution in [3.8, 4) is 0 Å². The number of hydrogen-bond acceptors (Lipinski definition) is 5. The lowest BCUT2D eigenvalue weighted by Crippen LogP contribution is -2.33. The molecule has 2 heterocycles. The van der Waals surface area contributed by atoms with Gasteiger partial charge in [-0.2, -0.15) is 0 Å². The van der Waals surface area contributed by atoms with Gasteiger partial charge in [0.15, 0.2) is 5.03 Å². The molecule has 2 aromatic heterocycles. The van der Waals surface area contributed by atoms with E-state index in [2.05, 4.69) is 9.71 Å². The molecule has 0 aromatic carbocycles. The highest BCUT2D eigenvalue weighted by atomic mass is 32.2. The molecule has 2 rings (SSSR count). The van der Waals surface area contributed by atoms with E-state index in [0.717, 1.165) is 5.76 Å². The summed E-state index contributed by atoms with van der Waals surface area (Å²) in [5.74, 6) is 0.825. The number of furan rings is 1. The Kier molecular flexibility index (Phi) is 5.11. The quantitative estimate of drug-likeness (QED) is 0.808. The Balaban J connectivity index is 1.95. The molecule has 0 amide bonds. The smallest absolute Gasteiger partial charge is 0.258 e. The van der Waals surface area contributed by atoms with Gasteiger partial charge in [0.1, 0.15) is 5.76 Å². The first kappa shape index (κ1) is 15.7. The van der Waals surface area contributed by atoms with Crippen LogP contribution in [0.3, 0.4) is 0 Å². The summed E-state index contributed by atoms with van der Waals surface area (Å²) in [6, 6.07) is 6.34. The Labute approximate surface area is 123 Å². The summed E-state index contributed by atoms with van der Waals surface area (Å²) in [6.45, 7) is 1.63. The van der Waals surface area contributed by atoms with Crippen molar-refractivity contribution in [1.29, 1.82) is 0 Å². The average Bonchev–Trinajstić information content (AvgIpc) is 2.98. The fourth-order valence-corrected chi connectivity index (χ4v) is 3.07. The second kappa shape index (κ2) is 6.84. The van der Waals surface area contributed by atoms with Crippen LogP contribution in [0.15, 0.2) is 46.2 Å². The van der Waals surface area contributed by atoms with E-state index in [1.165, 1.54) is 18.3 Å². The van der Waals surface area contributed by atoms with E-state index < -0.39 is 10.0 Å². The fourth-order valence-electron chi connectivity index (χ4n) is 1.86. The number of aliphatic hydroxyl groups is 1. The number of aliphatic hydroxyl groups excluding tert-OH is 1. The SMILES string of the molecule is CC(CCc1ccco1)NS(=O)(=O)c1ccc(CO)cn1. The third-order valence-corrected chi connectivity index (χ3v) is 4.52. The van der Waals surface area contributed by atoms with Crippen molar-refractivity contribution in [2.45, 2.75) is 37.4 Å². The molecular formula is C14H18N2O4S. The van der Waals surface area contributed by atoms with Gasteiger partial charge in [0.2, 0.25) is 0 Å². The van der Waals surface area contributed by atoms with Crippen molar-refractivity contribution in [2.75, 3.05) is 0 Å². The lowest BCUT2D eigenvalue weighted by atomic mass is 10.2. The Morgan fingerprint density at radius 1 is 1.38 bits per heavy atom. The number of hydrogen-bond donors (Lipinski definition) is 2. The van der Waals surface area contributed by atoms with Crippen LogP contribution >= 0.6 is 0 Å². The van der Waals surface area contributed by atoms with Gasteiger partial charge in [-0.15, -0.1) is 0 Å². The third-order valence-electron chi connectivity index (χ3n) is 3.02. The van der Waals surface area contributed by atoms with E-state index in [9.17, 15) is 8.42 Å². The number of aromatic nitrogens is 1. The maximum absolute atomic E-state index is 12.1. The molecular weight excluding hydrogens is 292 g/mol. The summed E-state index contributed by atoms with van der Waals surface area (Å²) in [7, 11) is -3.65. The first-order valence-electron chi connectivity index (χ1n) is 6.62. The zero-order chi connectivity index (χ0) is 15.3. The summed E-state index contributed by atoms with van der Waals surface area (Å²) in [6.07, 6.45) is 4.23. The zero-order valence-corrected chi connectivity index (χ0v) is 12.5. The highest BCUT2D eigenvalue weighted by molar-refractivity contribution is 7.89. The number of sulfonamides is 1. The van der Waals surface area contributed by atoms with Crippen molar-refractivity contribution in [2.24, 2.45) is 0 Å². The molecule has 2 N–H and O–H groups in total. The number of rotatable bonds is 7. The predicted octanol–water partition coefficient (Wildman–Crippen LogP) is 1.47. The Morgan fingerprint density at radius 2 is 2.19 bits per heavy atom. The van der Waals surface area contributed by atoms with Gasteiger partial charge in [0.05, 0.1) is 12.9 Å². The van der Waals surface area contributed by atoms with Crippen molar-refractivity contribution < 1.29 is 17.9 Å². The molecule has 114 valence electrons. The Hall–Kier alpha value is -1.70. The van der Waals surface area contributed by atoms with E-state index in [-0.39, 0.29) is 17.7 Å². The maximum Gasteiger partial charge on any atom is 0.258 e. The first-order valence-corrected chi connectivity index (χ1v) is 8.10. The molecule has 0 spiro atoms. The molecule has 0 aliphatic carbocycles. The Morgan fingerprint density at radius 3 is 2.76 bits per heavy atom. The van der Waals surface area contributed by atoms with Crippen LogP contribution in [0.5, 0.6) is 0 Å². The number of aryl methyl sites for hydroxylation is 1. The number of nitrogens with zero attached hydrogens (tertiary/aromatic N) is 1. The van der Waals surface area contributed by atoms with Gasteiger partial charge in [-0.3, -0.25) is 0 Å². The van der Waals surface area contributed by atoms with Crippen LogP contribution in [0.2, 0.25) is 0 Å². The van der Waals surface area contributed by atoms with Crippen LogP contribution in [-0.4, -0.2) is 24.6 Å². The summed E-state index contributed by atoms with van der Waals surface area (Å²) < 4.78 is 32.1. The molecule has 1 atom stereocenters. The van der Waals surface area contributed by atoms with Crippen LogP contribution in [0.4, 0.5) is 0 Å². The highest BCUT2D eigenvalue weighted by Gasteiger charge is 2.18. The monoisotopic (exact) mass is 310 g/mol. The minimum absolute atomic E-state index is 0.0513. The van der Waals surface area contributed by atoms with Gasteiger partial charge in [-0.25, -0.2) is 18.1 Å². The summed E-state index contributed by atoms with van der Waals surface area (Å²) in [5.41, 5.74) is 0.569. The molecule has 0 radical (unpaired) electrons. The second-order valence-corrected chi connectivity index (χ2v) is 6.46. The van der Waals surface area contributed by atoms with Crippen LogP contribution in [-0.2, 0) is 23.1 Å². The first-order chi connectivity index (χ1) is 10.0. The summed E-state index contributed by atoms with van der Waals surface area (Å²) in [4.78, 5) is 3.86. The molecule has 0 saturated heterocycles. The molecule has 1 unspecified atom stereocenters. The van der Waals surface area contributed by atoms with Gasteiger partial charge in [0.25, 0.3) is 10.0 Å². The minimum Gasteiger partial charge on any atom is -0.469 e. The van der Waals surface area contributed by atoms with Gasteiger partial charge < -0.3 is 9.52 Å². The van der Waals surface area contributed by atoms with Crippen molar-refractivity contribution in [3.05, 3.63) is 48.0 Å². The highest BCUT2D eigenvalue weighted by Crippen LogP contribution is 2.10. The number of nitrogens with one attached hydrogen (secondary N) is 1. The fraction of sp³-hybridized carbons (Fsp3) is 0.357. The topological polar surface area (TPSA) is 92.4 Å². The Bertz CT molecular complexity index is 651. The second-order valence-electron chi connectivity index (χ2n) is 4.80. The normalized spacial score (nSPS) is 13.2. The van der Waals surface area contributed by atoms with Crippen molar-refractivity contribution in [3.63, 3.8) is 0 Å². The molecule has 0 saturated carbocycles. The lowest BCUT2D eigenvalue weighted by Gasteiger charge is -2.13. The summed E-state index contributed by atoms with van der Waals surface area (Å²) >= 11 is 0. The molecule has 0 aliphatic heterocycles. The van der Waals surface area contributed by atoms with Crippen molar-refractivity contribution in [1.82, 2.24) is 9.71 Å². The van der Waals surface area contributed by atoms with Gasteiger partial charge >= 0.3 is 0 Å².